The average Bonchev–Trinajstić information content (AvgIpc) is 2.46. The molecule has 2 N–H and O–H groups in total. The molecule has 0 saturated carbocycles. The summed E-state index contributed by atoms with van der Waals surface area (Å²) in [6.07, 6.45) is 1.68. The van der Waals surface area contributed by atoms with Gasteiger partial charge in [-0.15, -0.1) is 0 Å². The van der Waals surface area contributed by atoms with Gasteiger partial charge in [0.2, 0.25) is 12.3 Å². The summed E-state index contributed by atoms with van der Waals surface area (Å²) in [6, 6.07) is 3.01. The number of carbonyl (C=O) groups is 2. The molecule has 0 aliphatic rings. The standard InChI is InChI=1S/C15H21FN2O3/c1-4-11-7-14(21-3)13(8-12(11)16)18-10(2)5-6-15(20)17-9-19/h7-10,18H,4-6H2,1-3H3,(H,17,19,20). The van der Waals surface area contributed by atoms with E-state index in [1.165, 1.54) is 13.2 Å². The maximum atomic E-state index is 13.8. The van der Waals surface area contributed by atoms with E-state index in [4.69, 9.17) is 4.74 Å². The lowest BCUT2D eigenvalue weighted by Gasteiger charge is -2.18. The fraction of sp³-hybridized carbons (Fsp3) is 0.467. The molecule has 1 unspecified atom stereocenters. The Balaban J connectivity index is 2.71. The lowest BCUT2D eigenvalue weighted by Crippen LogP contribution is -2.24. The van der Waals surface area contributed by atoms with Crippen LogP contribution in [0.1, 0.15) is 32.3 Å². The second kappa shape index (κ2) is 8.24. The van der Waals surface area contributed by atoms with Gasteiger partial charge in [0.1, 0.15) is 11.6 Å². The Morgan fingerprint density at radius 3 is 2.76 bits per heavy atom. The van der Waals surface area contributed by atoms with Crippen molar-refractivity contribution in [2.75, 3.05) is 12.4 Å². The summed E-state index contributed by atoms with van der Waals surface area (Å²) >= 11 is 0. The molecule has 0 spiro atoms. The van der Waals surface area contributed by atoms with E-state index in [2.05, 4.69) is 10.6 Å². The summed E-state index contributed by atoms with van der Waals surface area (Å²) in [6.45, 7) is 3.75. The quantitative estimate of drug-likeness (QED) is 0.722. The highest BCUT2D eigenvalue weighted by atomic mass is 19.1. The normalized spacial score (nSPS) is 11.6. The van der Waals surface area contributed by atoms with Crippen molar-refractivity contribution in [1.29, 1.82) is 0 Å². The molecule has 1 aromatic rings. The number of hydrogen-bond donors (Lipinski definition) is 2. The molecule has 0 aliphatic heterocycles. The first kappa shape index (κ1) is 16.9. The van der Waals surface area contributed by atoms with Crippen LogP contribution in [-0.4, -0.2) is 25.5 Å². The number of halogens is 1. The van der Waals surface area contributed by atoms with E-state index in [9.17, 15) is 14.0 Å². The van der Waals surface area contributed by atoms with E-state index in [0.29, 0.717) is 36.3 Å². The molecule has 0 saturated heterocycles. The third-order valence-electron chi connectivity index (χ3n) is 3.18. The highest BCUT2D eigenvalue weighted by molar-refractivity contribution is 5.85. The van der Waals surface area contributed by atoms with Gasteiger partial charge in [0.05, 0.1) is 12.8 Å². The summed E-state index contributed by atoms with van der Waals surface area (Å²) in [7, 11) is 1.53. The molecule has 1 aromatic carbocycles. The molecule has 0 bridgehead atoms. The molecule has 21 heavy (non-hydrogen) atoms. The number of nitrogens with one attached hydrogen (secondary N) is 2. The van der Waals surface area contributed by atoms with Gasteiger partial charge in [0, 0.05) is 18.5 Å². The fourth-order valence-electron chi connectivity index (χ4n) is 1.97. The molecule has 0 fully saturated rings. The minimum Gasteiger partial charge on any atom is -0.495 e. The Bertz CT molecular complexity index is 506. The number of methoxy groups -OCH3 is 1. The molecule has 0 heterocycles. The number of aryl methyl sites for hydroxylation is 1. The van der Waals surface area contributed by atoms with E-state index in [1.807, 2.05) is 13.8 Å². The van der Waals surface area contributed by atoms with Crippen LogP contribution in [-0.2, 0) is 16.0 Å². The van der Waals surface area contributed by atoms with Gasteiger partial charge in [-0.3, -0.25) is 14.9 Å². The van der Waals surface area contributed by atoms with Gasteiger partial charge in [0.25, 0.3) is 0 Å². The molecule has 0 aliphatic carbocycles. The Hall–Kier alpha value is -2.11. The topological polar surface area (TPSA) is 67.4 Å². The van der Waals surface area contributed by atoms with Crippen molar-refractivity contribution >= 4 is 18.0 Å². The predicted molar refractivity (Wildman–Crippen MR) is 78.9 cm³/mol. The second-order valence-corrected chi connectivity index (χ2v) is 4.77. The summed E-state index contributed by atoms with van der Waals surface area (Å²) in [5, 5.41) is 5.20. The Morgan fingerprint density at radius 2 is 2.19 bits per heavy atom. The van der Waals surface area contributed by atoms with Crippen molar-refractivity contribution < 1.29 is 18.7 Å². The summed E-state index contributed by atoms with van der Waals surface area (Å²) < 4.78 is 19.1. The molecular formula is C15H21FN2O3. The minimum absolute atomic E-state index is 0.0665. The van der Waals surface area contributed by atoms with Gasteiger partial charge in [0.15, 0.2) is 0 Å². The first-order valence-corrected chi connectivity index (χ1v) is 6.87. The van der Waals surface area contributed by atoms with Crippen LogP contribution in [0.2, 0.25) is 0 Å². The SMILES string of the molecule is CCc1cc(OC)c(NC(C)CCC(=O)NC=O)cc1F. The molecule has 0 radical (unpaired) electrons. The fourth-order valence-corrected chi connectivity index (χ4v) is 1.97. The van der Waals surface area contributed by atoms with Gasteiger partial charge in [-0.2, -0.15) is 0 Å². The number of benzene rings is 1. The number of hydrogen-bond acceptors (Lipinski definition) is 4. The Labute approximate surface area is 123 Å². The Morgan fingerprint density at radius 1 is 1.48 bits per heavy atom. The second-order valence-electron chi connectivity index (χ2n) is 4.77. The van der Waals surface area contributed by atoms with Gasteiger partial charge in [-0.1, -0.05) is 6.92 Å². The van der Waals surface area contributed by atoms with Crippen molar-refractivity contribution in [1.82, 2.24) is 5.32 Å². The molecule has 1 atom stereocenters. The first-order valence-electron chi connectivity index (χ1n) is 6.87. The number of ether oxygens (including phenoxy) is 1. The summed E-state index contributed by atoms with van der Waals surface area (Å²) in [4.78, 5) is 21.3. The van der Waals surface area contributed by atoms with Crippen molar-refractivity contribution in [2.45, 2.75) is 39.2 Å². The molecule has 6 heteroatoms. The number of carbonyl (C=O) groups excluding carboxylic acids is 2. The zero-order valence-electron chi connectivity index (χ0n) is 12.5. The van der Waals surface area contributed by atoms with E-state index < -0.39 is 0 Å². The van der Waals surface area contributed by atoms with Crippen molar-refractivity contribution in [3.8, 4) is 5.75 Å². The molecule has 2 amide bonds. The number of anilines is 1. The van der Waals surface area contributed by atoms with Crippen LogP contribution in [0.3, 0.4) is 0 Å². The third-order valence-corrected chi connectivity index (χ3v) is 3.18. The largest absolute Gasteiger partial charge is 0.495 e. The minimum atomic E-state index is -0.335. The van der Waals surface area contributed by atoms with Crippen LogP contribution in [0.25, 0.3) is 0 Å². The van der Waals surface area contributed by atoms with Crippen LogP contribution >= 0.6 is 0 Å². The van der Waals surface area contributed by atoms with Gasteiger partial charge >= 0.3 is 0 Å². The summed E-state index contributed by atoms with van der Waals surface area (Å²) in [5.74, 6) is -0.0535. The number of rotatable bonds is 8. The highest BCUT2D eigenvalue weighted by Gasteiger charge is 2.12. The Kier molecular flexibility index (Phi) is 6.65. The van der Waals surface area contributed by atoms with Crippen LogP contribution < -0.4 is 15.4 Å². The number of imide groups is 1. The van der Waals surface area contributed by atoms with Gasteiger partial charge in [-0.25, -0.2) is 4.39 Å². The van der Waals surface area contributed by atoms with Crippen LogP contribution in [0.4, 0.5) is 10.1 Å². The van der Waals surface area contributed by atoms with E-state index in [0.717, 1.165) is 0 Å². The summed E-state index contributed by atoms with van der Waals surface area (Å²) in [5.41, 5.74) is 1.14. The smallest absolute Gasteiger partial charge is 0.226 e. The van der Waals surface area contributed by atoms with Gasteiger partial charge in [-0.05, 0) is 31.4 Å². The van der Waals surface area contributed by atoms with Crippen molar-refractivity contribution in [2.24, 2.45) is 0 Å². The molecular weight excluding hydrogens is 275 g/mol. The number of amides is 2. The molecule has 1 rings (SSSR count). The average molecular weight is 296 g/mol. The third kappa shape index (κ3) is 5.06. The predicted octanol–water partition coefficient (Wildman–Crippen LogP) is 2.25. The van der Waals surface area contributed by atoms with Crippen LogP contribution in [0, 0.1) is 5.82 Å². The lowest BCUT2D eigenvalue weighted by molar-refractivity contribution is -0.125. The van der Waals surface area contributed by atoms with Gasteiger partial charge < -0.3 is 10.1 Å². The maximum absolute atomic E-state index is 13.8. The van der Waals surface area contributed by atoms with E-state index in [1.54, 1.807) is 6.07 Å². The monoisotopic (exact) mass is 296 g/mol. The molecule has 116 valence electrons. The molecule has 5 nitrogen and oxygen atoms in total. The van der Waals surface area contributed by atoms with E-state index >= 15 is 0 Å². The maximum Gasteiger partial charge on any atom is 0.226 e. The van der Waals surface area contributed by atoms with Crippen molar-refractivity contribution in [3.05, 3.63) is 23.5 Å². The van der Waals surface area contributed by atoms with E-state index in [-0.39, 0.29) is 24.2 Å². The molecule has 0 aromatic heterocycles. The first-order chi connectivity index (χ1) is 10.0. The lowest BCUT2D eigenvalue weighted by atomic mass is 10.1. The van der Waals surface area contributed by atoms with Crippen molar-refractivity contribution in [3.63, 3.8) is 0 Å². The van der Waals surface area contributed by atoms with Crippen LogP contribution in [0.15, 0.2) is 12.1 Å². The highest BCUT2D eigenvalue weighted by Crippen LogP contribution is 2.29. The zero-order chi connectivity index (χ0) is 15.8. The van der Waals surface area contributed by atoms with Crippen LogP contribution in [0.5, 0.6) is 5.75 Å². The zero-order valence-corrected chi connectivity index (χ0v) is 12.5.